The number of oxazole rings is 1. The fourth-order valence-corrected chi connectivity index (χ4v) is 2.61. The fraction of sp³-hybridized carbons (Fsp3) is 0.190. The molecule has 0 saturated carbocycles. The van der Waals surface area contributed by atoms with Crippen LogP contribution < -0.4 is 16.4 Å². The first-order valence-electron chi connectivity index (χ1n) is 9.06. The summed E-state index contributed by atoms with van der Waals surface area (Å²) in [6, 6.07) is 16.9. The lowest BCUT2D eigenvalue weighted by molar-refractivity contribution is 0.1000. The first kappa shape index (κ1) is 19.2. The molecule has 0 unspecified atom stereocenters. The van der Waals surface area contributed by atoms with Gasteiger partial charge in [0.2, 0.25) is 11.8 Å². The van der Waals surface area contributed by atoms with E-state index in [9.17, 15) is 4.79 Å². The van der Waals surface area contributed by atoms with Gasteiger partial charge in [0, 0.05) is 17.7 Å². The number of carbonyl (C=O) groups is 1. The first-order valence-corrected chi connectivity index (χ1v) is 9.06. The summed E-state index contributed by atoms with van der Waals surface area (Å²) in [5, 5.41) is 6.42. The Balaban J connectivity index is 1.63. The maximum atomic E-state index is 11.3. The predicted octanol–water partition coefficient (Wildman–Crippen LogP) is 2.70. The number of amides is 1. The number of aromatic nitrogens is 1. The number of primary amides is 1. The van der Waals surface area contributed by atoms with Crippen molar-refractivity contribution >= 4 is 11.9 Å². The second-order valence-corrected chi connectivity index (χ2v) is 6.12. The molecular weight excluding hydrogens is 354 g/mol. The zero-order valence-corrected chi connectivity index (χ0v) is 15.7. The number of nitrogens with one attached hydrogen (secondary N) is 2. The molecule has 3 rings (SSSR count). The van der Waals surface area contributed by atoms with E-state index < -0.39 is 5.91 Å². The van der Waals surface area contributed by atoms with Crippen LogP contribution in [0.5, 0.6) is 0 Å². The number of carbonyl (C=O) groups excluding carboxylic acids is 1. The molecule has 2 aromatic carbocycles. The van der Waals surface area contributed by atoms with Crippen molar-refractivity contribution in [2.75, 3.05) is 6.54 Å². The Morgan fingerprint density at radius 3 is 2.71 bits per heavy atom. The Labute approximate surface area is 163 Å². The average molecular weight is 377 g/mol. The van der Waals surface area contributed by atoms with E-state index in [1.54, 1.807) is 24.5 Å². The third-order valence-electron chi connectivity index (χ3n) is 3.98. The molecule has 144 valence electrons. The van der Waals surface area contributed by atoms with Gasteiger partial charge in [-0.15, -0.1) is 0 Å². The Morgan fingerprint density at radius 2 is 1.96 bits per heavy atom. The van der Waals surface area contributed by atoms with E-state index in [-0.39, 0.29) is 0 Å². The zero-order chi connectivity index (χ0) is 19.8. The zero-order valence-electron chi connectivity index (χ0n) is 15.7. The number of guanidine groups is 1. The van der Waals surface area contributed by atoms with Gasteiger partial charge in [0.15, 0.2) is 5.96 Å². The Kier molecular flexibility index (Phi) is 6.41. The summed E-state index contributed by atoms with van der Waals surface area (Å²) >= 11 is 0. The van der Waals surface area contributed by atoms with Crippen molar-refractivity contribution in [3.05, 3.63) is 77.7 Å². The third-order valence-corrected chi connectivity index (χ3v) is 3.98. The van der Waals surface area contributed by atoms with E-state index in [0.717, 1.165) is 23.4 Å². The highest BCUT2D eigenvalue weighted by Gasteiger charge is 2.07. The third kappa shape index (κ3) is 5.20. The highest BCUT2D eigenvalue weighted by atomic mass is 16.3. The molecule has 7 nitrogen and oxygen atoms in total. The predicted molar refractivity (Wildman–Crippen MR) is 109 cm³/mol. The summed E-state index contributed by atoms with van der Waals surface area (Å²) in [6.07, 6.45) is 1.63. The summed E-state index contributed by atoms with van der Waals surface area (Å²) in [7, 11) is 0. The van der Waals surface area contributed by atoms with Crippen molar-refractivity contribution in [3.63, 3.8) is 0 Å². The van der Waals surface area contributed by atoms with E-state index in [1.165, 1.54) is 0 Å². The van der Waals surface area contributed by atoms with Crippen LogP contribution in [0.3, 0.4) is 0 Å². The largest absolute Gasteiger partial charge is 0.444 e. The molecule has 0 aliphatic rings. The van der Waals surface area contributed by atoms with Crippen LogP contribution >= 0.6 is 0 Å². The minimum Gasteiger partial charge on any atom is -0.444 e. The highest BCUT2D eigenvalue weighted by molar-refractivity contribution is 5.92. The summed E-state index contributed by atoms with van der Waals surface area (Å²) in [6.45, 7) is 3.61. The molecule has 0 bridgehead atoms. The lowest BCUT2D eigenvalue weighted by atomic mass is 10.1. The summed E-state index contributed by atoms with van der Waals surface area (Å²) in [5.41, 5.74) is 8.42. The van der Waals surface area contributed by atoms with Crippen LogP contribution in [-0.2, 0) is 13.1 Å². The molecule has 0 aliphatic carbocycles. The van der Waals surface area contributed by atoms with Gasteiger partial charge in [-0.3, -0.25) is 4.79 Å². The number of hydrogen-bond donors (Lipinski definition) is 3. The first-order chi connectivity index (χ1) is 13.7. The number of benzene rings is 2. The molecule has 4 N–H and O–H groups in total. The van der Waals surface area contributed by atoms with Gasteiger partial charge in [-0.2, -0.15) is 0 Å². The molecule has 28 heavy (non-hydrogen) atoms. The molecule has 1 aromatic heterocycles. The summed E-state index contributed by atoms with van der Waals surface area (Å²) in [4.78, 5) is 20.4. The van der Waals surface area contributed by atoms with Crippen LogP contribution in [0, 0.1) is 0 Å². The molecule has 7 heteroatoms. The van der Waals surface area contributed by atoms with Crippen molar-refractivity contribution in [2.45, 2.75) is 20.0 Å². The van der Waals surface area contributed by atoms with Crippen molar-refractivity contribution in [3.8, 4) is 11.5 Å². The number of hydrogen-bond acceptors (Lipinski definition) is 4. The molecule has 0 fully saturated rings. The minimum absolute atomic E-state index is 0.421. The van der Waals surface area contributed by atoms with Crippen LogP contribution in [0.25, 0.3) is 11.5 Å². The maximum Gasteiger partial charge on any atom is 0.248 e. The van der Waals surface area contributed by atoms with Crippen LogP contribution in [0.2, 0.25) is 0 Å². The second-order valence-electron chi connectivity index (χ2n) is 6.12. The van der Waals surface area contributed by atoms with Crippen molar-refractivity contribution in [2.24, 2.45) is 10.7 Å². The van der Waals surface area contributed by atoms with Crippen molar-refractivity contribution in [1.82, 2.24) is 15.6 Å². The molecular formula is C21H23N5O2. The molecule has 3 aromatic rings. The standard InChI is InChI=1S/C21H23N5O2/c1-2-23-21(24-12-15-7-6-10-17(11-15)19(22)27)25-13-18-14-28-20(26-18)16-8-4-3-5-9-16/h3-11,14H,2,12-13H2,1H3,(H2,22,27)(H2,23,24,25). The Bertz CT molecular complexity index is 950. The Hall–Kier alpha value is -3.61. The smallest absolute Gasteiger partial charge is 0.248 e. The van der Waals surface area contributed by atoms with Gasteiger partial charge >= 0.3 is 0 Å². The van der Waals surface area contributed by atoms with Gasteiger partial charge in [-0.05, 0) is 36.8 Å². The van der Waals surface area contributed by atoms with E-state index in [4.69, 9.17) is 10.2 Å². The number of rotatable bonds is 7. The van der Waals surface area contributed by atoms with E-state index in [0.29, 0.717) is 30.5 Å². The fourth-order valence-electron chi connectivity index (χ4n) is 2.61. The topological polar surface area (TPSA) is 106 Å². The van der Waals surface area contributed by atoms with Crippen LogP contribution in [0.15, 0.2) is 70.3 Å². The van der Waals surface area contributed by atoms with Crippen molar-refractivity contribution < 1.29 is 9.21 Å². The maximum absolute atomic E-state index is 11.3. The van der Waals surface area contributed by atoms with Gasteiger partial charge in [0.25, 0.3) is 0 Å². The normalized spacial score (nSPS) is 11.2. The van der Waals surface area contributed by atoms with E-state index in [1.807, 2.05) is 43.3 Å². The Morgan fingerprint density at radius 1 is 1.14 bits per heavy atom. The van der Waals surface area contributed by atoms with Crippen molar-refractivity contribution in [1.29, 1.82) is 0 Å². The molecule has 0 saturated heterocycles. The highest BCUT2D eigenvalue weighted by Crippen LogP contribution is 2.17. The van der Waals surface area contributed by atoms with Crippen LogP contribution in [0.4, 0.5) is 0 Å². The van der Waals surface area contributed by atoms with Gasteiger partial charge in [-0.25, -0.2) is 9.98 Å². The SMILES string of the molecule is CCNC(=NCc1cccc(C(N)=O)c1)NCc1coc(-c2ccccc2)n1. The number of nitrogens with zero attached hydrogens (tertiary/aromatic N) is 2. The minimum atomic E-state index is -0.448. The van der Waals surface area contributed by atoms with Crippen LogP contribution in [0.1, 0.15) is 28.5 Å². The quantitative estimate of drug-likeness (QED) is 0.434. The van der Waals surface area contributed by atoms with E-state index in [2.05, 4.69) is 20.6 Å². The lowest BCUT2D eigenvalue weighted by Gasteiger charge is -2.10. The molecule has 0 radical (unpaired) electrons. The van der Waals surface area contributed by atoms with Gasteiger partial charge < -0.3 is 20.8 Å². The second kappa shape index (κ2) is 9.36. The molecule has 1 heterocycles. The summed E-state index contributed by atoms with van der Waals surface area (Å²) < 4.78 is 5.55. The molecule has 0 aliphatic heterocycles. The van der Waals surface area contributed by atoms with Gasteiger partial charge in [0.1, 0.15) is 6.26 Å². The van der Waals surface area contributed by atoms with Gasteiger partial charge in [0.05, 0.1) is 18.8 Å². The summed E-state index contributed by atoms with van der Waals surface area (Å²) in [5.74, 6) is 0.787. The van der Waals surface area contributed by atoms with Crippen LogP contribution in [-0.4, -0.2) is 23.4 Å². The number of nitrogens with two attached hydrogens (primary N) is 1. The van der Waals surface area contributed by atoms with Gasteiger partial charge in [-0.1, -0.05) is 30.3 Å². The lowest BCUT2D eigenvalue weighted by Crippen LogP contribution is -2.36. The molecule has 0 atom stereocenters. The average Bonchev–Trinajstić information content (AvgIpc) is 3.20. The van der Waals surface area contributed by atoms with E-state index >= 15 is 0 Å². The molecule has 1 amide bonds. The number of aliphatic imine (C=N–C) groups is 1. The molecule has 0 spiro atoms. The monoisotopic (exact) mass is 377 g/mol.